The van der Waals surface area contributed by atoms with Crippen LogP contribution in [0.25, 0.3) is 0 Å². The molecule has 1 aliphatic rings. The SMILES string of the molecule is CCCC1OCC(Br)(CBr)CO1. The average molecular weight is 302 g/mol. The Labute approximate surface area is 90.3 Å². The van der Waals surface area contributed by atoms with Crippen LogP contribution in [0.15, 0.2) is 0 Å². The van der Waals surface area contributed by atoms with E-state index in [-0.39, 0.29) is 10.6 Å². The van der Waals surface area contributed by atoms with Gasteiger partial charge in [0.1, 0.15) is 0 Å². The molecule has 0 N–H and O–H groups in total. The highest BCUT2D eigenvalue weighted by molar-refractivity contribution is 9.12. The standard InChI is InChI=1S/C8H14Br2O2/c1-2-3-7-11-5-8(10,4-9)6-12-7/h7H,2-6H2,1H3. The van der Waals surface area contributed by atoms with Crippen LogP contribution in [0.2, 0.25) is 0 Å². The van der Waals surface area contributed by atoms with Gasteiger partial charge in [0.25, 0.3) is 0 Å². The number of halogens is 2. The predicted molar refractivity (Wildman–Crippen MR) is 56.1 cm³/mol. The summed E-state index contributed by atoms with van der Waals surface area (Å²) < 4.78 is 11.0. The Bertz CT molecular complexity index is 133. The van der Waals surface area contributed by atoms with Gasteiger partial charge in [0, 0.05) is 5.33 Å². The second kappa shape index (κ2) is 4.94. The van der Waals surface area contributed by atoms with Crippen LogP contribution in [0.4, 0.5) is 0 Å². The maximum absolute atomic E-state index is 5.53. The molecule has 72 valence electrons. The molecule has 0 spiro atoms. The second-order valence-electron chi connectivity index (χ2n) is 3.12. The molecular formula is C8H14Br2O2. The molecule has 1 saturated heterocycles. The maximum atomic E-state index is 5.53. The van der Waals surface area contributed by atoms with Crippen molar-refractivity contribution in [3.05, 3.63) is 0 Å². The Balaban J connectivity index is 2.29. The van der Waals surface area contributed by atoms with Crippen LogP contribution in [0.5, 0.6) is 0 Å². The quantitative estimate of drug-likeness (QED) is 0.746. The van der Waals surface area contributed by atoms with Crippen molar-refractivity contribution >= 4 is 31.9 Å². The molecule has 0 radical (unpaired) electrons. The van der Waals surface area contributed by atoms with Crippen LogP contribution in [0.1, 0.15) is 19.8 Å². The number of hydrogen-bond donors (Lipinski definition) is 0. The lowest BCUT2D eigenvalue weighted by Gasteiger charge is -2.34. The van der Waals surface area contributed by atoms with Crippen LogP contribution in [0, 0.1) is 0 Å². The normalized spacial score (nSPS) is 36.8. The zero-order chi connectivity index (χ0) is 9.03. The molecule has 0 aromatic carbocycles. The van der Waals surface area contributed by atoms with E-state index in [0.29, 0.717) is 0 Å². The summed E-state index contributed by atoms with van der Waals surface area (Å²) in [6.45, 7) is 3.58. The van der Waals surface area contributed by atoms with Gasteiger partial charge in [0.15, 0.2) is 6.29 Å². The minimum absolute atomic E-state index is 0.0136. The van der Waals surface area contributed by atoms with Crippen molar-refractivity contribution in [2.45, 2.75) is 30.4 Å². The fourth-order valence-electron chi connectivity index (χ4n) is 1.05. The second-order valence-corrected chi connectivity index (χ2v) is 5.37. The van der Waals surface area contributed by atoms with Crippen LogP contribution in [0.3, 0.4) is 0 Å². The molecule has 0 aromatic heterocycles. The smallest absolute Gasteiger partial charge is 0.157 e. The molecule has 1 rings (SSSR count). The van der Waals surface area contributed by atoms with E-state index in [1.165, 1.54) is 0 Å². The third-order valence-corrected chi connectivity index (χ3v) is 4.38. The van der Waals surface area contributed by atoms with E-state index in [4.69, 9.17) is 9.47 Å². The van der Waals surface area contributed by atoms with Crippen molar-refractivity contribution in [2.24, 2.45) is 0 Å². The monoisotopic (exact) mass is 300 g/mol. The minimum Gasteiger partial charge on any atom is -0.351 e. The van der Waals surface area contributed by atoms with Gasteiger partial charge in [-0.25, -0.2) is 0 Å². The van der Waals surface area contributed by atoms with Crippen LogP contribution >= 0.6 is 31.9 Å². The van der Waals surface area contributed by atoms with E-state index in [0.717, 1.165) is 31.4 Å². The Hall–Kier alpha value is 0.880. The Kier molecular flexibility index (Phi) is 4.51. The van der Waals surface area contributed by atoms with Gasteiger partial charge < -0.3 is 9.47 Å². The van der Waals surface area contributed by atoms with E-state index in [1.54, 1.807) is 0 Å². The molecule has 1 aliphatic heterocycles. The molecule has 0 aromatic rings. The van der Waals surface area contributed by atoms with Crippen LogP contribution in [-0.2, 0) is 9.47 Å². The van der Waals surface area contributed by atoms with Gasteiger partial charge in [0.05, 0.1) is 17.5 Å². The molecule has 0 bridgehead atoms. The van der Waals surface area contributed by atoms with Crippen molar-refractivity contribution in [1.82, 2.24) is 0 Å². The molecule has 1 heterocycles. The van der Waals surface area contributed by atoms with E-state index in [9.17, 15) is 0 Å². The zero-order valence-electron chi connectivity index (χ0n) is 7.19. The number of ether oxygens (including phenoxy) is 2. The van der Waals surface area contributed by atoms with Crippen molar-refractivity contribution in [2.75, 3.05) is 18.5 Å². The topological polar surface area (TPSA) is 18.5 Å². The first kappa shape index (κ1) is 11.0. The van der Waals surface area contributed by atoms with Crippen molar-refractivity contribution in [3.63, 3.8) is 0 Å². The summed E-state index contributed by atoms with van der Waals surface area (Å²) in [5.41, 5.74) is 0. The molecule has 0 unspecified atom stereocenters. The van der Waals surface area contributed by atoms with Gasteiger partial charge in [-0.2, -0.15) is 0 Å². The van der Waals surface area contributed by atoms with E-state index in [2.05, 4.69) is 38.8 Å². The van der Waals surface area contributed by atoms with Gasteiger partial charge in [-0.05, 0) is 6.42 Å². The summed E-state index contributed by atoms with van der Waals surface area (Å²) in [6, 6.07) is 0. The summed E-state index contributed by atoms with van der Waals surface area (Å²) in [4.78, 5) is 0. The minimum atomic E-state index is -0.0166. The summed E-state index contributed by atoms with van der Waals surface area (Å²) in [5.74, 6) is 0. The van der Waals surface area contributed by atoms with Crippen LogP contribution in [-0.4, -0.2) is 29.2 Å². The predicted octanol–water partition coefficient (Wildman–Crippen LogP) is 2.69. The molecule has 0 atom stereocenters. The highest BCUT2D eigenvalue weighted by atomic mass is 79.9. The van der Waals surface area contributed by atoms with Gasteiger partial charge in [0.2, 0.25) is 0 Å². The first-order valence-electron chi connectivity index (χ1n) is 4.18. The van der Waals surface area contributed by atoms with E-state index in [1.807, 2.05) is 0 Å². The third-order valence-electron chi connectivity index (χ3n) is 1.82. The molecule has 2 nitrogen and oxygen atoms in total. The lowest BCUT2D eigenvalue weighted by atomic mass is 10.2. The largest absolute Gasteiger partial charge is 0.351 e. The molecule has 0 aliphatic carbocycles. The first-order chi connectivity index (χ1) is 5.70. The van der Waals surface area contributed by atoms with E-state index >= 15 is 0 Å². The summed E-state index contributed by atoms with van der Waals surface area (Å²) in [5, 5.41) is 0.860. The highest BCUT2D eigenvalue weighted by Gasteiger charge is 2.33. The highest BCUT2D eigenvalue weighted by Crippen LogP contribution is 2.27. The first-order valence-corrected chi connectivity index (χ1v) is 6.10. The molecule has 0 saturated carbocycles. The van der Waals surface area contributed by atoms with Crippen LogP contribution < -0.4 is 0 Å². The molecule has 4 heteroatoms. The van der Waals surface area contributed by atoms with E-state index < -0.39 is 0 Å². The fraction of sp³-hybridized carbons (Fsp3) is 1.00. The van der Waals surface area contributed by atoms with Crippen molar-refractivity contribution in [3.8, 4) is 0 Å². The number of alkyl halides is 2. The summed E-state index contributed by atoms with van der Waals surface area (Å²) in [6.07, 6.45) is 2.11. The van der Waals surface area contributed by atoms with Gasteiger partial charge in [-0.15, -0.1) is 0 Å². The Morgan fingerprint density at radius 2 is 2.00 bits per heavy atom. The molecule has 0 amide bonds. The molecular weight excluding hydrogens is 288 g/mol. The third kappa shape index (κ3) is 2.98. The van der Waals surface area contributed by atoms with Gasteiger partial charge >= 0.3 is 0 Å². The average Bonchev–Trinajstić information content (AvgIpc) is 2.10. The Morgan fingerprint density at radius 1 is 1.42 bits per heavy atom. The van der Waals surface area contributed by atoms with Crippen molar-refractivity contribution in [1.29, 1.82) is 0 Å². The van der Waals surface area contributed by atoms with Gasteiger partial charge in [-0.1, -0.05) is 45.2 Å². The maximum Gasteiger partial charge on any atom is 0.157 e. The summed E-state index contributed by atoms with van der Waals surface area (Å²) >= 11 is 7.00. The number of hydrogen-bond acceptors (Lipinski definition) is 2. The number of rotatable bonds is 3. The molecule has 12 heavy (non-hydrogen) atoms. The van der Waals surface area contributed by atoms with Crippen molar-refractivity contribution < 1.29 is 9.47 Å². The lowest BCUT2D eigenvalue weighted by Crippen LogP contribution is -2.43. The Morgan fingerprint density at radius 3 is 2.42 bits per heavy atom. The lowest BCUT2D eigenvalue weighted by molar-refractivity contribution is -0.190. The fourth-order valence-corrected chi connectivity index (χ4v) is 1.64. The van der Waals surface area contributed by atoms with Gasteiger partial charge in [-0.3, -0.25) is 0 Å². The zero-order valence-corrected chi connectivity index (χ0v) is 10.4. The summed E-state index contributed by atoms with van der Waals surface area (Å²) in [7, 11) is 0. The molecule has 1 fully saturated rings.